The second kappa shape index (κ2) is 7.82. The largest absolute Gasteiger partial charge is 0.469 e. The average Bonchev–Trinajstić information content (AvgIpc) is 3.54. The van der Waals surface area contributed by atoms with Crippen LogP contribution in [0.5, 0.6) is 0 Å². The van der Waals surface area contributed by atoms with Crippen molar-refractivity contribution in [1.82, 2.24) is 4.90 Å². The molecule has 2 fully saturated rings. The number of nitrogens with zero attached hydrogens (tertiary/aromatic N) is 1. The molecule has 4 atom stereocenters. The molecule has 0 aromatic heterocycles. The number of methoxy groups -OCH3 is 1. The number of hydrogen-bond donors (Lipinski definition) is 0. The Kier molecular flexibility index (Phi) is 5.20. The smallest absolute Gasteiger partial charge is 0.414 e. The van der Waals surface area contributed by atoms with Gasteiger partial charge in [0.25, 0.3) is 0 Å². The third-order valence-electron chi connectivity index (χ3n) is 5.87. The van der Waals surface area contributed by atoms with Gasteiger partial charge < -0.3 is 14.2 Å². The van der Waals surface area contributed by atoms with E-state index in [-0.39, 0.29) is 6.61 Å². The number of ether oxygens (including phenoxy) is 3. The van der Waals surface area contributed by atoms with Crippen LogP contribution in [0.25, 0.3) is 0 Å². The normalized spacial score (nSPS) is 27.3. The lowest BCUT2D eigenvalue weighted by Gasteiger charge is -2.33. The third-order valence-corrected chi connectivity index (χ3v) is 5.87. The SMILES string of the molecule is COC(=O)[C@H]1C[C@@H]1[C@@]1(C)C(=O)O[C@H](c2ccccc2)N1C(=O)OCc1ccccc1. The van der Waals surface area contributed by atoms with E-state index in [0.29, 0.717) is 12.0 Å². The van der Waals surface area contributed by atoms with E-state index >= 15 is 0 Å². The van der Waals surface area contributed by atoms with Crippen molar-refractivity contribution in [2.24, 2.45) is 11.8 Å². The van der Waals surface area contributed by atoms with Gasteiger partial charge in [-0.05, 0) is 18.9 Å². The minimum Gasteiger partial charge on any atom is -0.469 e. The molecule has 0 bridgehead atoms. The monoisotopic (exact) mass is 409 g/mol. The summed E-state index contributed by atoms with van der Waals surface area (Å²) in [5.41, 5.74) is 0.156. The molecule has 0 N–H and O–H groups in total. The highest BCUT2D eigenvalue weighted by Gasteiger charge is 2.67. The van der Waals surface area contributed by atoms with E-state index in [4.69, 9.17) is 14.2 Å². The molecule has 0 spiro atoms. The molecule has 156 valence electrons. The predicted molar refractivity (Wildman–Crippen MR) is 106 cm³/mol. The van der Waals surface area contributed by atoms with Gasteiger partial charge in [0.15, 0.2) is 0 Å². The summed E-state index contributed by atoms with van der Waals surface area (Å²) < 4.78 is 16.0. The van der Waals surface area contributed by atoms with E-state index in [1.54, 1.807) is 31.2 Å². The van der Waals surface area contributed by atoms with E-state index in [2.05, 4.69) is 0 Å². The highest BCUT2D eigenvalue weighted by atomic mass is 16.6. The Bertz CT molecular complexity index is 947. The molecule has 30 heavy (non-hydrogen) atoms. The van der Waals surface area contributed by atoms with Crippen LogP contribution in [0.1, 0.15) is 30.7 Å². The Balaban J connectivity index is 1.63. The fraction of sp³-hybridized carbons (Fsp3) is 0.348. The fourth-order valence-electron chi connectivity index (χ4n) is 4.08. The van der Waals surface area contributed by atoms with Crippen molar-refractivity contribution in [1.29, 1.82) is 0 Å². The summed E-state index contributed by atoms with van der Waals surface area (Å²) in [5.74, 6) is -1.79. The van der Waals surface area contributed by atoms with Crippen LogP contribution >= 0.6 is 0 Å². The molecule has 1 saturated carbocycles. The van der Waals surface area contributed by atoms with Crippen molar-refractivity contribution in [2.75, 3.05) is 7.11 Å². The Morgan fingerprint density at radius 1 is 1.10 bits per heavy atom. The van der Waals surface area contributed by atoms with Crippen LogP contribution in [0.15, 0.2) is 60.7 Å². The number of hydrogen-bond acceptors (Lipinski definition) is 6. The molecule has 0 radical (unpaired) electrons. The summed E-state index contributed by atoms with van der Waals surface area (Å²) in [6, 6.07) is 18.3. The zero-order valence-corrected chi connectivity index (χ0v) is 16.8. The van der Waals surface area contributed by atoms with Gasteiger partial charge in [-0.25, -0.2) is 9.59 Å². The molecule has 1 amide bonds. The fourth-order valence-corrected chi connectivity index (χ4v) is 4.08. The average molecular weight is 409 g/mol. The molecule has 1 heterocycles. The molecule has 1 saturated heterocycles. The van der Waals surface area contributed by atoms with E-state index in [1.165, 1.54) is 12.0 Å². The van der Waals surface area contributed by atoms with Crippen molar-refractivity contribution in [3.05, 3.63) is 71.8 Å². The van der Waals surface area contributed by atoms with Crippen molar-refractivity contribution < 1.29 is 28.6 Å². The molecule has 4 rings (SSSR count). The molecule has 2 aromatic rings. The molecular weight excluding hydrogens is 386 g/mol. The first kappa shape index (κ1) is 19.9. The second-order valence-electron chi connectivity index (χ2n) is 7.70. The standard InChI is InChI=1S/C23H23NO6/c1-23(18-13-17(18)20(25)28-2)21(26)30-19(16-11-7-4-8-12-16)24(23)22(27)29-14-15-9-5-3-6-10-15/h3-12,17-19H,13-14H2,1-2H3/t17-,18-,19+,23-/m0/s1. The summed E-state index contributed by atoms with van der Waals surface area (Å²) in [7, 11) is 1.31. The summed E-state index contributed by atoms with van der Waals surface area (Å²) in [6.07, 6.45) is -1.15. The molecular formula is C23H23NO6. The number of amides is 1. The van der Waals surface area contributed by atoms with Gasteiger partial charge in [0.1, 0.15) is 12.1 Å². The lowest BCUT2D eigenvalue weighted by Crippen LogP contribution is -2.52. The van der Waals surface area contributed by atoms with Crippen LogP contribution in [0.3, 0.4) is 0 Å². The van der Waals surface area contributed by atoms with Gasteiger partial charge in [-0.3, -0.25) is 9.69 Å². The van der Waals surface area contributed by atoms with Crippen molar-refractivity contribution in [3.8, 4) is 0 Å². The predicted octanol–water partition coefficient (Wildman–Crippen LogP) is 3.45. The van der Waals surface area contributed by atoms with E-state index in [9.17, 15) is 14.4 Å². The third kappa shape index (κ3) is 3.40. The topological polar surface area (TPSA) is 82.1 Å². The number of rotatable bonds is 5. The van der Waals surface area contributed by atoms with Gasteiger partial charge in [0, 0.05) is 11.5 Å². The lowest BCUT2D eigenvalue weighted by molar-refractivity contribution is -0.146. The Hall–Kier alpha value is -3.35. The molecule has 7 heteroatoms. The van der Waals surface area contributed by atoms with Crippen molar-refractivity contribution >= 4 is 18.0 Å². The summed E-state index contributed by atoms with van der Waals surface area (Å²) in [6.45, 7) is 1.70. The summed E-state index contributed by atoms with van der Waals surface area (Å²) in [4.78, 5) is 39.5. The highest BCUT2D eigenvalue weighted by molar-refractivity contribution is 5.91. The van der Waals surface area contributed by atoms with Crippen LogP contribution < -0.4 is 0 Å². The van der Waals surface area contributed by atoms with Gasteiger partial charge in [0.2, 0.25) is 6.23 Å². The maximum Gasteiger partial charge on any atom is 0.414 e. The molecule has 2 aromatic carbocycles. The molecule has 2 aliphatic rings. The first-order valence-electron chi connectivity index (χ1n) is 9.80. The van der Waals surface area contributed by atoms with E-state index in [1.807, 2.05) is 36.4 Å². The van der Waals surface area contributed by atoms with E-state index < -0.39 is 41.6 Å². The molecule has 1 aliphatic heterocycles. The summed E-state index contributed by atoms with van der Waals surface area (Å²) >= 11 is 0. The van der Waals surface area contributed by atoms with Gasteiger partial charge in [-0.2, -0.15) is 0 Å². The van der Waals surface area contributed by atoms with Gasteiger partial charge in [-0.1, -0.05) is 60.7 Å². The number of cyclic esters (lactones) is 1. The molecule has 0 unspecified atom stereocenters. The van der Waals surface area contributed by atoms with Crippen LogP contribution in [0, 0.1) is 11.8 Å². The first-order valence-corrected chi connectivity index (χ1v) is 9.80. The maximum atomic E-state index is 13.2. The number of carbonyl (C=O) groups is 3. The second-order valence-corrected chi connectivity index (χ2v) is 7.70. The van der Waals surface area contributed by atoms with E-state index in [0.717, 1.165) is 5.56 Å². The number of carbonyl (C=O) groups excluding carboxylic acids is 3. The van der Waals surface area contributed by atoms with Crippen LogP contribution in [0.2, 0.25) is 0 Å². The maximum absolute atomic E-state index is 13.2. The Morgan fingerprint density at radius 2 is 1.73 bits per heavy atom. The quantitative estimate of drug-likeness (QED) is 0.556. The minimum absolute atomic E-state index is 0.0625. The van der Waals surface area contributed by atoms with Gasteiger partial charge in [-0.15, -0.1) is 0 Å². The lowest BCUT2D eigenvalue weighted by atomic mass is 9.92. The zero-order valence-electron chi connectivity index (χ0n) is 16.8. The number of benzene rings is 2. The van der Waals surface area contributed by atoms with Gasteiger partial charge in [0.05, 0.1) is 13.0 Å². The van der Waals surface area contributed by atoms with Crippen LogP contribution in [-0.2, 0) is 30.4 Å². The minimum atomic E-state index is -1.33. The van der Waals surface area contributed by atoms with Crippen LogP contribution in [-0.4, -0.2) is 35.6 Å². The Morgan fingerprint density at radius 3 is 2.37 bits per heavy atom. The molecule has 1 aliphatic carbocycles. The van der Waals surface area contributed by atoms with Gasteiger partial charge >= 0.3 is 18.0 Å². The summed E-state index contributed by atoms with van der Waals surface area (Å²) in [5, 5.41) is 0. The van der Waals surface area contributed by atoms with Crippen molar-refractivity contribution in [3.63, 3.8) is 0 Å². The van der Waals surface area contributed by atoms with Crippen molar-refractivity contribution in [2.45, 2.75) is 31.7 Å². The Labute approximate surface area is 174 Å². The zero-order chi connectivity index (χ0) is 21.3. The van der Waals surface area contributed by atoms with Crippen LogP contribution in [0.4, 0.5) is 4.79 Å². The first-order chi connectivity index (χ1) is 14.5. The number of esters is 2. The molecule has 7 nitrogen and oxygen atoms in total. The highest BCUT2D eigenvalue weighted by Crippen LogP contribution is 2.55.